The first kappa shape index (κ1) is 15.5. The zero-order valence-electron chi connectivity index (χ0n) is 13.5. The van der Waals surface area contributed by atoms with E-state index in [9.17, 15) is 14.7 Å². The minimum absolute atomic E-state index is 0.0371. The average Bonchev–Trinajstić information content (AvgIpc) is 2.68. The lowest BCUT2D eigenvalue weighted by Gasteiger charge is -2.49. The van der Waals surface area contributed by atoms with Crippen LogP contribution in [0.5, 0.6) is 0 Å². The van der Waals surface area contributed by atoms with Crippen molar-refractivity contribution in [3.05, 3.63) is 23.4 Å². The maximum atomic E-state index is 12.6. The van der Waals surface area contributed by atoms with Crippen LogP contribution in [0.2, 0.25) is 19.6 Å². The molecule has 1 saturated heterocycles. The Hall–Kier alpha value is -1.40. The summed E-state index contributed by atoms with van der Waals surface area (Å²) in [5, 5.41) is 9.49. The maximum Gasteiger partial charge on any atom is 0.352 e. The minimum Gasteiger partial charge on any atom is -0.477 e. The first-order valence-electron chi connectivity index (χ1n) is 7.87. The molecule has 4 atom stereocenters. The van der Waals surface area contributed by atoms with Gasteiger partial charge < -0.3 is 14.4 Å². The van der Waals surface area contributed by atoms with Crippen molar-refractivity contribution in [3.8, 4) is 0 Å². The molecule has 0 saturated carbocycles. The highest BCUT2D eigenvalue weighted by Crippen LogP contribution is 2.51. The minimum atomic E-state index is -1.74. The SMILES string of the molecule is C[C@@H](O[Si](C)(C)C)[C@H]1C(=O)N2C(C(=O)O)=C3C=CCC[C@H]3[C@H]12. The summed E-state index contributed by atoms with van der Waals surface area (Å²) in [4.78, 5) is 25.7. The van der Waals surface area contributed by atoms with Crippen LogP contribution in [0, 0.1) is 11.8 Å². The van der Waals surface area contributed by atoms with Gasteiger partial charge in [0.15, 0.2) is 8.32 Å². The van der Waals surface area contributed by atoms with Crippen molar-refractivity contribution in [2.45, 2.75) is 51.6 Å². The number of carbonyl (C=O) groups is 2. The molecule has 0 spiro atoms. The summed E-state index contributed by atoms with van der Waals surface area (Å²) in [5.74, 6) is -1.16. The molecule has 0 unspecified atom stereocenters. The summed E-state index contributed by atoms with van der Waals surface area (Å²) < 4.78 is 6.10. The Morgan fingerprint density at radius 2 is 2.14 bits per heavy atom. The molecule has 1 fully saturated rings. The average molecular weight is 321 g/mol. The summed E-state index contributed by atoms with van der Waals surface area (Å²) in [5.41, 5.74) is 1.01. The Labute approximate surface area is 131 Å². The van der Waals surface area contributed by atoms with Gasteiger partial charge in [0, 0.05) is 5.92 Å². The molecule has 1 amide bonds. The molecular formula is C16H23NO4Si. The molecule has 0 aromatic heterocycles. The second-order valence-corrected chi connectivity index (χ2v) is 11.8. The third-order valence-corrected chi connectivity index (χ3v) is 5.78. The molecule has 120 valence electrons. The normalized spacial score (nSPS) is 31.7. The zero-order valence-corrected chi connectivity index (χ0v) is 14.5. The van der Waals surface area contributed by atoms with E-state index in [-0.39, 0.29) is 35.6 Å². The predicted molar refractivity (Wildman–Crippen MR) is 84.5 cm³/mol. The Morgan fingerprint density at radius 1 is 1.45 bits per heavy atom. The van der Waals surface area contributed by atoms with Crippen LogP contribution >= 0.6 is 0 Å². The van der Waals surface area contributed by atoms with Gasteiger partial charge in [0.25, 0.3) is 0 Å². The standard InChI is InChI=1S/C16H23NO4Si/c1-9(21-22(2,3)4)12-13-10-7-5-6-8-11(10)14(16(19)20)17(13)15(12)18/h6,8-10,12-13H,5,7H2,1-4H3,(H,19,20)/t9-,10-,12-,13-/m1/s1. The molecule has 1 N–H and O–H groups in total. The van der Waals surface area contributed by atoms with Crippen LogP contribution in [0.3, 0.4) is 0 Å². The quantitative estimate of drug-likeness (QED) is 0.638. The molecule has 2 heterocycles. The molecule has 2 aliphatic heterocycles. The van der Waals surface area contributed by atoms with Crippen LogP contribution in [-0.2, 0) is 14.0 Å². The Balaban J connectivity index is 1.89. The Morgan fingerprint density at radius 3 is 2.73 bits per heavy atom. The van der Waals surface area contributed by atoms with Gasteiger partial charge >= 0.3 is 5.97 Å². The zero-order chi connectivity index (χ0) is 16.2. The lowest BCUT2D eigenvalue weighted by atomic mass is 9.74. The first-order chi connectivity index (χ1) is 10.2. The van der Waals surface area contributed by atoms with Crippen molar-refractivity contribution >= 4 is 20.2 Å². The maximum absolute atomic E-state index is 12.6. The van der Waals surface area contributed by atoms with Gasteiger partial charge in [-0.15, -0.1) is 0 Å². The van der Waals surface area contributed by atoms with E-state index in [4.69, 9.17) is 4.43 Å². The monoisotopic (exact) mass is 321 g/mol. The topological polar surface area (TPSA) is 66.8 Å². The van der Waals surface area contributed by atoms with Gasteiger partial charge in [-0.25, -0.2) is 4.79 Å². The number of carboxylic acids is 1. The van der Waals surface area contributed by atoms with Crippen LogP contribution < -0.4 is 0 Å². The number of carboxylic acid groups (broad SMARTS) is 1. The van der Waals surface area contributed by atoms with E-state index in [2.05, 4.69) is 19.6 Å². The van der Waals surface area contributed by atoms with Gasteiger partial charge in [-0.3, -0.25) is 4.79 Å². The number of carbonyl (C=O) groups excluding carboxylic acids is 1. The summed E-state index contributed by atoms with van der Waals surface area (Å²) >= 11 is 0. The molecule has 0 bridgehead atoms. The number of fused-ring (bicyclic) bond motifs is 3. The van der Waals surface area contributed by atoms with Gasteiger partial charge in [0.2, 0.25) is 5.91 Å². The van der Waals surface area contributed by atoms with Crippen molar-refractivity contribution in [2.24, 2.45) is 11.8 Å². The molecule has 6 heteroatoms. The molecule has 5 nitrogen and oxygen atoms in total. The molecule has 0 aromatic carbocycles. The van der Waals surface area contributed by atoms with Gasteiger partial charge in [-0.05, 0) is 45.0 Å². The van der Waals surface area contributed by atoms with Gasteiger partial charge in [0.05, 0.1) is 18.1 Å². The Kier molecular flexibility index (Phi) is 3.56. The third kappa shape index (κ3) is 2.25. The van der Waals surface area contributed by atoms with Crippen molar-refractivity contribution < 1.29 is 19.1 Å². The van der Waals surface area contributed by atoms with Crippen LogP contribution in [0.1, 0.15) is 19.8 Å². The van der Waals surface area contributed by atoms with E-state index in [1.54, 1.807) is 0 Å². The molecule has 0 aromatic rings. The number of allylic oxidation sites excluding steroid dienone is 2. The predicted octanol–water partition coefficient (Wildman–Crippen LogP) is 2.37. The van der Waals surface area contributed by atoms with E-state index in [0.717, 1.165) is 18.4 Å². The summed E-state index contributed by atoms with van der Waals surface area (Å²) in [7, 11) is -1.74. The molecule has 0 radical (unpaired) electrons. The van der Waals surface area contributed by atoms with E-state index in [1.807, 2.05) is 19.1 Å². The number of hydrogen-bond acceptors (Lipinski definition) is 3. The van der Waals surface area contributed by atoms with Crippen LogP contribution in [0.25, 0.3) is 0 Å². The van der Waals surface area contributed by atoms with Gasteiger partial charge in [-0.2, -0.15) is 0 Å². The number of amides is 1. The van der Waals surface area contributed by atoms with Gasteiger partial charge in [0.1, 0.15) is 5.70 Å². The van der Waals surface area contributed by atoms with E-state index in [0.29, 0.717) is 0 Å². The van der Waals surface area contributed by atoms with E-state index >= 15 is 0 Å². The lowest BCUT2D eigenvalue weighted by Crippen LogP contribution is -2.65. The molecular weight excluding hydrogens is 298 g/mol. The van der Waals surface area contributed by atoms with Crippen molar-refractivity contribution in [1.82, 2.24) is 4.90 Å². The molecule has 22 heavy (non-hydrogen) atoms. The lowest BCUT2D eigenvalue weighted by molar-refractivity contribution is -0.162. The Bertz CT molecular complexity index is 589. The molecule has 3 aliphatic rings. The van der Waals surface area contributed by atoms with Crippen LogP contribution in [-0.4, -0.2) is 42.3 Å². The highest BCUT2D eigenvalue weighted by Gasteiger charge is 2.61. The number of aliphatic carboxylic acids is 1. The number of rotatable bonds is 4. The van der Waals surface area contributed by atoms with E-state index < -0.39 is 14.3 Å². The number of β-lactam (4-membered cyclic amide) rings is 1. The van der Waals surface area contributed by atoms with Crippen molar-refractivity contribution in [2.75, 3.05) is 0 Å². The third-order valence-electron chi connectivity index (χ3n) is 4.70. The number of nitrogens with zero attached hydrogens (tertiary/aromatic N) is 1. The highest BCUT2D eigenvalue weighted by molar-refractivity contribution is 6.69. The fourth-order valence-electron chi connectivity index (χ4n) is 4.07. The van der Waals surface area contributed by atoms with Crippen LogP contribution in [0.15, 0.2) is 23.4 Å². The second kappa shape index (κ2) is 5.06. The van der Waals surface area contributed by atoms with Gasteiger partial charge in [-0.1, -0.05) is 12.2 Å². The number of hydrogen-bond donors (Lipinski definition) is 1. The smallest absolute Gasteiger partial charge is 0.352 e. The van der Waals surface area contributed by atoms with E-state index in [1.165, 1.54) is 4.90 Å². The summed E-state index contributed by atoms with van der Waals surface area (Å²) in [6, 6.07) is -0.0371. The van der Waals surface area contributed by atoms with Crippen molar-refractivity contribution in [1.29, 1.82) is 0 Å². The fraction of sp³-hybridized carbons (Fsp3) is 0.625. The summed E-state index contributed by atoms with van der Waals surface area (Å²) in [6.07, 6.45) is 5.59. The molecule has 3 rings (SSSR count). The first-order valence-corrected chi connectivity index (χ1v) is 11.3. The largest absolute Gasteiger partial charge is 0.477 e. The second-order valence-electron chi connectivity index (χ2n) is 7.36. The van der Waals surface area contributed by atoms with Crippen molar-refractivity contribution in [3.63, 3.8) is 0 Å². The summed E-state index contributed by atoms with van der Waals surface area (Å²) in [6.45, 7) is 8.27. The molecule has 1 aliphatic carbocycles. The fourth-order valence-corrected chi connectivity index (χ4v) is 5.33. The highest BCUT2D eigenvalue weighted by atomic mass is 28.4. The van der Waals surface area contributed by atoms with Crippen LogP contribution in [0.4, 0.5) is 0 Å².